The number of hydrogen-bond donors (Lipinski definition) is 1. The van der Waals surface area contributed by atoms with Gasteiger partial charge in [-0.05, 0) is 52.2 Å². The first-order chi connectivity index (χ1) is 10.6. The van der Waals surface area contributed by atoms with Crippen molar-refractivity contribution < 1.29 is 4.39 Å². The first-order valence-electron chi connectivity index (χ1n) is 7.15. The molecule has 3 nitrogen and oxygen atoms in total. The zero-order chi connectivity index (χ0) is 15.5. The molecule has 1 unspecified atom stereocenters. The molecule has 1 atom stereocenters. The average Bonchev–Trinajstić information content (AvgIpc) is 2.96. The Labute approximate surface area is 142 Å². The highest BCUT2D eigenvalue weighted by molar-refractivity contribution is 9.10. The summed E-state index contributed by atoms with van der Waals surface area (Å²) in [5.41, 5.74) is 0.920. The molecule has 1 fully saturated rings. The van der Waals surface area contributed by atoms with Crippen LogP contribution in [0, 0.1) is 5.82 Å². The van der Waals surface area contributed by atoms with Crippen molar-refractivity contribution in [3.05, 3.63) is 57.4 Å². The van der Waals surface area contributed by atoms with Crippen LogP contribution in [-0.4, -0.2) is 24.1 Å². The van der Waals surface area contributed by atoms with E-state index in [4.69, 9.17) is 11.6 Å². The van der Waals surface area contributed by atoms with E-state index in [0.29, 0.717) is 17.6 Å². The molecule has 0 radical (unpaired) electrons. The Morgan fingerprint density at radius 2 is 2.23 bits per heavy atom. The maximum atomic E-state index is 13.0. The molecule has 0 bridgehead atoms. The van der Waals surface area contributed by atoms with Crippen molar-refractivity contribution in [2.75, 3.05) is 18.0 Å². The molecule has 0 amide bonds. The minimum absolute atomic E-state index is 0.304. The van der Waals surface area contributed by atoms with E-state index in [1.165, 1.54) is 12.1 Å². The van der Waals surface area contributed by atoms with E-state index in [0.717, 1.165) is 35.4 Å². The van der Waals surface area contributed by atoms with Crippen molar-refractivity contribution in [1.29, 1.82) is 0 Å². The van der Waals surface area contributed by atoms with Gasteiger partial charge in [0.1, 0.15) is 11.6 Å². The number of anilines is 1. The third-order valence-electron chi connectivity index (χ3n) is 3.82. The lowest BCUT2D eigenvalue weighted by Gasteiger charge is -2.18. The summed E-state index contributed by atoms with van der Waals surface area (Å²) in [7, 11) is 0. The fourth-order valence-corrected chi connectivity index (χ4v) is 3.08. The maximum Gasteiger partial charge on any atom is 0.128 e. The van der Waals surface area contributed by atoms with Gasteiger partial charge >= 0.3 is 0 Å². The van der Waals surface area contributed by atoms with Crippen LogP contribution >= 0.6 is 27.5 Å². The van der Waals surface area contributed by atoms with Crippen LogP contribution < -0.4 is 10.2 Å². The van der Waals surface area contributed by atoms with Gasteiger partial charge in [-0.3, -0.25) is 0 Å². The Morgan fingerprint density at radius 3 is 2.95 bits per heavy atom. The second-order valence-electron chi connectivity index (χ2n) is 5.38. The summed E-state index contributed by atoms with van der Waals surface area (Å²) in [6.07, 6.45) is 2.87. The number of aromatic nitrogens is 1. The van der Waals surface area contributed by atoms with Crippen LogP contribution in [0.5, 0.6) is 0 Å². The molecule has 1 aliphatic rings. The van der Waals surface area contributed by atoms with Crippen molar-refractivity contribution in [3.8, 4) is 0 Å². The van der Waals surface area contributed by atoms with Crippen LogP contribution in [0.4, 0.5) is 10.2 Å². The van der Waals surface area contributed by atoms with Crippen molar-refractivity contribution in [1.82, 2.24) is 10.3 Å². The standard InChI is InChI=1S/C16H16BrClFN3/c17-12-2-4-16(21-9-12)22-6-5-14(10-22)20-8-11-1-3-13(19)7-15(11)18/h1-4,7,9,14,20H,5-6,8,10H2. The highest BCUT2D eigenvalue weighted by Gasteiger charge is 2.23. The Morgan fingerprint density at radius 1 is 1.36 bits per heavy atom. The lowest BCUT2D eigenvalue weighted by Crippen LogP contribution is -2.32. The molecule has 3 rings (SSSR count). The third-order valence-corrected chi connectivity index (χ3v) is 4.64. The zero-order valence-corrected chi connectivity index (χ0v) is 14.2. The summed E-state index contributed by atoms with van der Waals surface area (Å²) >= 11 is 9.45. The number of halogens is 3. The lowest BCUT2D eigenvalue weighted by atomic mass is 10.2. The third kappa shape index (κ3) is 3.77. The molecule has 116 valence electrons. The Hall–Kier alpha value is -1.17. The van der Waals surface area contributed by atoms with E-state index >= 15 is 0 Å². The van der Waals surface area contributed by atoms with E-state index in [1.807, 2.05) is 18.3 Å². The molecule has 1 N–H and O–H groups in total. The molecule has 22 heavy (non-hydrogen) atoms. The minimum atomic E-state index is -0.304. The second kappa shape index (κ2) is 6.94. The monoisotopic (exact) mass is 383 g/mol. The second-order valence-corrected chi connectivity index (χ2v) is 6.71. The predicted octanol–water partition coefficient (Wildman–Crippen LogP) is 4.01. The highest BCUT2D eigenvalue weighted by Crippen LogP contribution is 2.21. The first kappa shape index (κ1) is 15.7. The Kier molecular flexibility index (Phi) is 4.96. The highest BCUT2D eigenvalue weighted by atomic mass is 79.9. The van der Waals surface area contributed by atoms with Gasteiger partial charge in [-0.2, -0.15) is 0 Å². The Bertz CT molecular complexity index is 650. The van der Waals surface area contributed by atoms with Gasteiger partial charge in [-0.1, -0.05) is 17.7 Å². The minimum Gasteiger partial charge on any atom is -0.355 e. The van der Waals surface area contributed by atoms with Gasteiger partial charge < -0.3 is 10.2 Å². The van der Waals surface area contributed by atoms with Gasteiger partial charge in [-0.15, -0.1) is 0 Å². The summed E-state index contributed by atoms with van der Waals surface area (Å²) in [6.45, 7) is 2.53. The Balaban J connectivity index is 1.56. The summed E-state index contributed by atoms with van der Waals surface area (Å²) in [5.74, 6) is 0.689. The summed E-state index contributed by atoms with van der Waals surface area (Å²) in [5, 5.41) is 3.95. The van der Waals surface area contributed by atoms with Gasteiger partial charge in [0.15, 0.2) is 0 Å². The molecular weight excluding hydrogens is 369 g/mol. The molecule has 0 saturated carbocycles. The summed E-state index contributed by atoms with van der Waals surface area (Å²) in [6, 6.07) is 8.92. The summed E-state index contributed by atoms with van der Waals surface area (Å²) in [4.78, 5) is 6.69. The van der Waals surface area contributed by atoms with Gasteiger partial charge in [0.05, 0.1) is 0 Å². The van der Waals surface area contributed by atoms with Crippen molar-refractivity contribution >= 4 is 33.3 Å². The largest absolute Gasteiger partial charge is 0.355 e. The van der Waals surface area contributed by atoms with E-state index < -0.39 is 0 Å². The van der Waals surface area contributed by atoms with Crippen molar-refractivity contribution in [2.45, 2.75) is 19.0 Å². The smallest absolute Gasteiger partial charge is 0.128 e. The van der Waals surface area contributed by atoms with E-state index in [2.05, 4.69) is 31.1 Å². The fraction of sp³-hybridized carbons (Fsp3) is 0.312. The van der Waals surface area contributed by atoms with Crippen LogP contribution in [-0.2, 0) is 6.54 Å². The first-order valence-corrected chi connectivity index (χ1v) is 8.33. The van der Waals surface area contributed by atoms with Crippen LogP contribution in [0.2, 0.25) is 5.02 Å². The molecule has 1 aromatic carbocycles. The quantitative estimate of drug-likeness (QED) is 0.863. The number of nitrogens with zero attached hydrogens (tertiary/aromatic N) is 2. The van der Waals surface area contributed by atoms with Gasteiger partial charge in [0.25, 0.3) is 0 Å². The van der Waals surface area contributed by atoms with Crippen molar-refractivity contribution in [3.63, 3.8) is 0 Å². The molecule has 6 heteroatoms. The number of pyridine rings is 1. The number of hydrogen-bond acceptors (Lipinski definition) is 3. The normalized spacial score (nSPS) is 18.0. The van der Waals surface area contributed by atoms with Crippen LogP contribution in [0.3, 0.4) is 0 Å². The molecule has 0 aliphatic carbocycles. The summed E-state index contributed by atoms with van der Waals surface area (Å²) < 4.78 is 14.0. The lowest BCUT2D eigenvalue weighted by molar-refractivity contribution is 0.550. The molecule has 1 aromatic heterocycles. The molecule has 0 spiro atoms. The van der Waals surface area contributed by atoms with Gasteiger partial charge in [-0.25, -0.2) is 9.37 Å². The van der Waals surface area contributed by atoms with Crippen LogP contribution in [0.25, 0.3) is 0 Å². The fourth-order valence-electron chi connectivity index (χ4n) is 2.61. The SMILES string of the molecule is Fc1ccc(CNC2CCN(c3ccc(Br)cn3)C2)c(Cl)c1. The van der Waals surface area contributed by atoms with E-state index in [-0.39, 0.29) is 5.82 Å². The van der Waals surface area contributed by atoms with Crippen LogP contribution in [0.15, 0.2) is 41.0 Å². The molecule has 1 saturated heterocycles. The molecular formula is C16H16BrClFN3. The maximum absolute atomic E-state index is 13.0. The molecule has 2 aromatic rings. The van der Waals surface area contributed by atoms with Gasteiger partial charge in [0.2, 0.25) is 0 Å². The molecule has 1 aliphatic heterocycles. The molecule has 2 heterocycles. The van der Waals surface area contributed by atoms with Crippen LogP contribution in [0.1, 0.15) is 12.0 Å². The number of rotatable bonds is 4. The predicted molar refractivity (Wildman–Crippen MR) is 90.8 cm³/mol. The van der Waals surface area contributed by atoms with Gasteiger partial charge in [0, 0.05) is 41.4 Å². The number of benzene rings is 1. The van der Waals surface area contributed by atoms with Crippen molar-refractivity contribution in [2.24, 2.45) is 0 Å². The topological polar surface area (TPSA) is 28.2 Å². The zero-order valence-electron chi connectivity index (χ0n) is 11.9. The van der Waals surface area contributed by atoms with E-state index in [1.54, 1.807) is 6.07 Å². The average molecular weight is 385 g/mol. The number of nitrogens with one attached hydrogen (secondary N) is 1. The van der Waals surface area contributed by atoms with E-state index in [9.17, 15) is 4.39 Å².